The number of fused-ring (bicyclic) bond motifs is 1. The van der Waals surface area contributed by atoms with E-state index < -0.39 is 5.91 Å². The number of carbonyl (C=O) groups is 1. The fraction of sp³-hybridized carbons (Fsp3) is 0.190. The summed E-state index contributed by atoms with van der Waals surface area (Å²) in [6.07, 6.45) is 2.99. The number of nitrogens with zero attached hydrogens (tertiary/aromatic N) is 2. The zero-order valence-electron chi connectivity index (χ0n) is 14.8. The summed E-state index contributed by atoms with van der Waals surface area (Å²) in [4.78, 5) is 21.2. The van der Waals surface area contributed by atoms with Crippen molar-refractivity contribution < 1.29 is 4.79 Å². The maximum Gasteiger partial charge on any atom is 0.280 e. The van der Waals surface area contributed by atoms with Crippen molar-refractivity contribution in [2.45, 2.75) is 26.2 Å². The Bertz CT molecular complexity index is 960. The van der Waals surface area contributed by atoms with Crippen LogP contribution in [0.5, 0.6) is 0 Å². The fourth-order valence-corrected chi connectivity index (χ4v) is 3.04. The number of carbonyl (C=O) groups excluding carboxylic acids is 1. The highest BCUT2D eigenvalue weighted by atomic mass is 16.1. The second kappa shape index (κ2) is 7.78. The average Bonchev–Trinajstić information content (AvgIpc) is 2.65. The molecule has 0 aliphatic rings. The van der Waals surface area contributed by atoms with Gasteiger partial charge in [-0.1, -0.05) is 55.8 Å². The van der Waals surface area contributed by atoms with Gasteiger partial charge in [-0.15, -0.1) is 0 Å². The maximum absolute atomic E-state index is 12.7. The lowest BCUT2D eigenvalue weighted by Gasteiger charge is -2.12. The molecule has 0 saturated carbocycles. The largest absolute Gasteiger partial charge is 0.370 e. The van der Waals surface area contributed by atoms with Crippen molar-refractivity contribution in [3.63, 3.8) is 0 Å². The Hall–Kier alpha value is -3.21. The van der Waals surface area contributed by atoms with E-state index in [1.807, 2.05) is 48.5 Å². The summed E-state index contributed by atoms with van der Waals surface area (Å²) in [6, 6.07) is 17.5. The maximum atomic E-state index is 12.7. The standard InChI is InChI=1S/C21H22N4O/c1-2-3-8-15-11-7-12-17-19(15)16(20(26)25-21(22)23)13-18(24-17)14-9-5-4-6-10-14/h4-7,9-13H,2-3,8H2,1H3,(H4,22,23,25,26). The molecule has 5 heteroatoms. The Labute approximate surface area is 152 Å². The van der Waals surface area contributed by atoms with Crippen LogP contribution < -0.4 is 11.5 Å². The van der Waals surface area contributed by atoms with Gasteiger partial charge in [-0.2, -0.15) is 4.99 Å². The summed E-state index contributed by atoms with van der Waals surface area (Å²) in [6.45, 7) is 2.14. The molecular weight excluding hydrogens is 324 g/mol. The molecule has 1 aromatic heterocycles. The second-order valence-electron chi connectivity index (χ2n) is 6.18. The molecule has 1 amide bonds. The van der Waals surface area contributed by atoms with Crippen LogP contribution in [0.2, 0.25) is 0 Å². The number of amides is 1. The zero-order valence-corrected chi connectivity index (χ0v) is 14.8. The van der Waals surface area contributed by atoms with Crippen LogP contribution in [0.15, 0.2) is 59.6 Å². The molecule has 0 saturated heterocycles. The van der Waals surface area contributed by atoms with Crippen LogP contribution >= 0.6 is 0 Å². The van der Waals surface area contributed by atoms with Crippen LogP contribution in [0.1, 0.15) is 35.7 Å². The minimum Gasteiger partial charge on any atom is -0.370 e. The molecule has 0 atom stereocenters. The monoisotopic (exact) mass is 346 g/mol. The summed E-state index contributed by atoms with van der Waals surface area (Å²) in [5, 5.41) is 0.829. The van der Waals surface area contributed by atoms with E-state index in [0.29, 0.717) is 5.56 Å². The molecule has 132 valence electrons. The van der Waals surface area contributed by atoms with E-state index >= 15 is 0 Å². The van der Waals surface area contributed by atoms with E-state index in [1.54, 1.807) is 6.07 Å². The van der Waals surface area contributed by atoms with Gasteiger partial charge in [-0.25, -0.2) is 4.98 Å². The number of guanidine groups is 1. The van der Waals surface area contributed by atoms with Crippen LogP contribution in [0.3, 0.4) is 0 Å². The van der Waals surface area contributed by atoms with E-state index in [4.69, 9.17) is 16.5 Å². The second-order valence-corrected chi connectivity index (χ2v) is 6.18. The number of benzene rings is 2. The van der Waals surface area contributed by atoms with Gasteiger partial charge in [-0.3, -0.25) is 4.79 Å². The van der Waals surface area contributed by atoms with E-state index in [1.165, 1.54) is 0 Å². The van der Waals surface area contributed by atoms with Crippen molar-refractivity contribution in [2.75, 3.05) is 0 Å². The molecule has 2 aromatic carbocycles. The third-order valence-electron chi connectivity index (χ3n) is 4.25. The van der Waals surface area contributed by atoms with Gasteiger partial charge < -0.3 is 11.5 Å². The van der Waals surface area contributed by atoms with Gasteiger partial charge in [0.15, 0.2) is 5.96 Å². The highest BCUT2D eigenvalue weighted by Crippen LogP contribution is 2.28. The molecule has 3 aromatic rings. The molecule has 0 bridgehead atoms. The first-order valence-corrected chi connectivity index (χ1v) is 8.72. The molecule has 0 unspecified atom stereocenters. The van der Waals surface area contributed by atoms with E-state index in [9.17, 15) is 4.79 Å². The summed E-state index contributed by atoms with van der Waals surface area (Å²) in [7, 11) is 0. The van der Waals surface area contributed by atoms with Gasteiger partial charge in [0, 0.05) is 10.9 Å². The third kappa shape index (κ3) is 3.72. The number of pyridine rings is 1. The summed E-state index contributed by atoms with van der Waals surface area (Å²) < 4.78 is 0. The highest BCUT2D eigenvalue weighted by Gasteiger charge is 2.16. The van der Waals surface area contributed by atoms with Crippen molar-refractivity contribution in [2.24, 2.45) is 16.5 Å². The summed E-state index contributed by atoms with van der Waals surface area (Å²) in [5.74, 6) is -0.689. The first-order valence-electron chi connectivity index (χ1n) is 8.72. The van der Waals surface area contributed by atoms with Crippen LogP contribution in [0.4, 0.5) is 0 Å². The van der Waals surface area contributed by atoms with Gasteiger partial charge in [0.25, 0.3) is 5.91 Å². The number of nitrogens with two attached hydrogens (primary N) is 2. The number of aryl methyl sites for hydroxylation is 1. The number of aliphatic imine (C=N–C) groups is 1. The molecular formula is C21H22N4O. The van der Waals surface area contributed by atoms with Gasteiger partial charge >= 0.3 is 0 Å². The van der Waals surface area contributed by atoms with E-state index in [2.05, 4.69) is 11.9 Å². The average molecular weight is 346 g/mol. The van der Waals surface area contributed by atoms with Gasteiger partial charge in [-0.05, 0) is 30.5 Å². The normalized spacial score (nSPS) is 10.7. The molecule has 0 spiro atoms. The number of unbranched alkanes of at least 4 members (excludes halogenated alkanes) is 1. The predicted molar refractivity (Wildman–Crippen MR) is 106 cm³/mol. The molecule has 0 aliphatic heterocycles. The van der Waals surface area contributed by atoms with Gasteiger partial charge in [0.1, 0.15) is 0 Å². The number of aromatic nitrogens is 1. The Balaban J connectivity index is 2.26. The predicted octanol–water partition coefficient (Wildman–Crippen LogP) is 3.66. The molecule has 0 aliphatic carbocycles. The zero-order chi connectivity index (χ0) is 18.5. The molecule has 0 radical (unpaired) electrons. The van der Waals surface area contributed by atoms with Crippen molar-refractivity contribution in [1.82, 2.24) is 4.98 Å². The minimum absolute atomic E-state index is 0.243. The summed E-state index contributed by atoms with van der Waals surface area (Å²) in [5.41, 5.74) is 14.9. The van der Waals surface area contributed by atoms with Crippen molar-refractivity contribution in [3.05, 3.63) is 65.7 Å². The lowest BCUT2D eigenvalue weighted by Crippen LogP contribution is -2.24. The van der Waals surface area contributed by atoms with Crippen molar-refractivity contribution in [1.29, 1.82) is 0 Å². The third-order valence-corrected chi connectivity index (χ3v) is 4.25. The molecule has 4 N–H and O–H groups in total. The van der Waals surface area contributed by atoms with Crippen LogP contribution in [-0.4, -0.2) is 16.9 Å². The summed E-state index contributed by atoms with van der Waals surface area (Å²) >= 11 is 0. The number of hydrogen-bond acceptors (Lipinski definition) is 2. The Morgan fingerprint density at radius 2 is 1.85 bits per heavy atom. The quantitative estimate of drug-likeness (QED) is 0.544. The van der Waals surface area contributed by atoms with Gasteiger partial charge in [0.2, 0.25) is 0 Å². The first-order chi connectivity index (χ1) is 12.6. The lowest BCUT2D eigenvalue weighted by atomic mass is 9.97. The Kier molecular flexibility index (Phi) is 5.27. The number of hydrogen-bond donors (Lipinski definition) is 2. The van der Waals surface area contributed by atoms with Gasteiger partial charge in [0.05, 0.1) is 16.8 Å². The molecule has 26 heavy (non-hydrogen) atoms. The smallest absolute Gasteiger partial charge is 0.280 e. The first kappa shape index (κ1) is 17.6. The van der Waals surface area contributed by atoms with Crippen molar-refractivity contribution >= 4 is 22.8 Å². The Morgan fingerprint density at radius 1 is 1.08 bits per heavy atom. The number of rotatable bonds is 5. The van der Waals surface area contributed by atoms with Crippen LogP contribution in [-0.2, 0) is 6.42 Å². The van der Waals surface area contributed by atoms with Crippen LogP contribution in [0, 0.1) is 0 Å². The molecule has 3 rings (SSSR count). The lowest BCUT2D eigenvalue weighted by molar-refractivity contribution is 0.100. The molecule has 0 fully saturated rings. The fourth-order valence-electron chi connectivity index (χ4n) is 3.04. The molecule has 5 nitrogen and oxygen atoms in total. The Morgan fingerprint density at radius 3 is 2.54 bits per heavy atom. The van der Waals surface area contributed by atoms with Crippen molar-refractivity contribution in [3.8, 4) is 11.3 Å². The minimum atomic E-state index is -0.446. The SMILES string of the molecule is CCCCc1cccc2nc(-c3ccccc3)cc(C(=O)N=C(N)N)c12. The molecule has 1 heterocycles. The van der Waals surface area contributed by atoms with Crippen LogP contribution in [0.25, 0.3) is 22.2 Å². The topological polar surface area (TPSA) is 94.4 Å². The van der Waals surface area contributed by atoms with E-state index in [-0.39, 0.29) is 5.96 Å². The highest BCUT2D eigenvalue weighted by molar-refractivity contribution is 6.11. The van der Waals surface area contributed by atoms with E-state index in [0.717, 1.165) is 47.0 Å².